The molecule has 5 nitrogen and oxygen atoms in total. The zero-order chi connectivity index (χ0) is 20.3. The normalized spacial score (nSPS) is 22.4. The first-order valence-electron chi connectivity index (χ1n) is 9.19. The summed E-state index contributed by atoms with van der Waals surface area (Å²) in [5.74, 6) is 1.60. The number of hydrogen-bond acceptors (Lipinski definition) is 4. The summed E-state index contributed by atoms with van der Waals surface area (Å²) in [6.45, 7) is 9.72. The van der Waals surface area contributed by atoms with Crippen molar-refractivity contribution < 1.29 is 9.47 Å². The van der Waals surface area contributed by atoms with Crippen molar-refractivity contribution in [3.8, 4) is 11.5 Å². The molecule has 0 amide bonds. The Hall–Kier alpha value is -1.41. The van der Waals surface area contributed by atoms with Crippen molar-refractivity contribution in [2.75, 3.05) is 13.1 Å². The molecule has 1 saturated heterocycles. The van der Waals surface area contributed by atoms with Crippen molar-refractivity contribution >= 4 is 43.9 Å². The van der Waals surface area contributed by atoms with E-state index in [9.17, 15) is 0 Å². The molecular weight excluding hydrogens is 486 g/mol. The van der Waals surface area contributed by atoms with Crippen molar-refractivity contribution in [3.05, 3.63) is 50.4 Å². The number of aliphatic imine (C=N–C) groups is 1. The Morgan fingerprint density at radius 3 is 2.71 bits per heavy atom. The molecule has 0 radical (unpaired) electrons. The van der Waals surface area contributed by atoms with E-state index in [0.29, 0.717) is 0 Å². The highest BCUT2D eigenvalue weighted by Gasteiger charge is 2.29. The van der Waals surface area contributed by atoms with E-state index < -0.39 is 5.72 Å². The molecule has 0 bridgehead atoms. The fourth-order valence-electron chi connectivity index (χ4n) is 3.06. The van der Waals surface area contributed by atoms with E-state index in [-0.39, 0.29) is 6.10 Å². The van der Waals surface area contributed by atoms with Gasteiger partial charge in [-0.15, -0.1) is 0 Å². The van der Waals surface area contributed by atoms with E-state index >= 15 is 0 Å². The van der Waals surface area contributed by atoms with Gasteiger partial charge >= 0.3 is 0 Å². The Morgan fingerprint density at radius 2 is 2.00 bits per heavy atom. The third kappa shape index (κ3) is 5.35. The molecule has 1 heterocycles. The lowest BCUT2D eigenvalue weighted by Crippen LogP contribution is -2.58. The lowest BCUT2D eigenvalue weighted by atomic mass is 10.1. The van der Waals surface area contributed by atoms with E-state index in [1.54, 1.807) is 6.34 Å². The predicted molar refractivity (Wildman–Crippen MR) is 121 cm³/mol. The Morgan fingerprint density at radius 1 is 1.21 bits per heavy atom. The number of benzene rings is 2. The van der Waals surface area contributed by atoms with Crippen molar-refractivity contribution in [1.82, 2.24) is 10.6 Å². The summed E-state index contributed by atoms with van der Waals surface area (Å²) < 4.78 is 14.0. The third-order valence-corrected chi connectivity index (χ3v) is 6.42. The van der Waals surface area contributed by atoms with Gasteiger partial charge in [-0.2, -0.15) is 0 Å². The van der Waals surface area contributed by atoms with E-state index in [1.165, 1.54) is 0 Å². The van der Waals surface area contributed by atoms with Gasteiger partial charge in [0.05, 0.1) is 18.1 Å². The first-order chi connectivity index (χ1) is 13.3. The molecule has 0 aromatic heterocycles. The minimum atomic E-state index is -0.456. The topological polar surface area (TPSA) is 54.9 Å². The first kappa shape index (κ1) is 21.3. The van der Waals surface area contributed by atoms with Crippen molar-refractivity contribution in [2.45, 2.75) is 39.5 Å². The molecule has 2 atom stereocenters. The van der Waals surface area contributed by atoms with Crippen LogP contribution < -0.4 is 15.4 Å². The van der Waals surface area contributed by atoms with Gasteiger partial charge < -0.3 is 20.1 Å². The van der Waals surface area contributed by atoms with Crippen LogP contribution in [0.2, 0.25) is 0 Å². The van der Waals surface area contributed by atoms with E-state index in [0.717, 1.165) is 50.3 Å². The lowest BCUT2D eigenvalue weighted by Gasteiger charge is -2.37. The minimum Gasteiger partial charge on any atom is -0.457 e. The molecule has 1 fully saturated rings. The van der Waals surface area contributed by atoms with Crippen molar-refractivity contribution in [2.24, 2.45) is 4.99 Å². The second-order valence-electron chi connectivity index (χ2n) is 7.27. The van der Waals surface area contributed by atoms with Crippen LogP contribution in [0.3, 0.4) is 0 Å². The van der Waals surface area contributed by atoms with Crippen molar-refractivity contribution in [1.29, 1.82) is 0 Å². The second-order valence-corrected chi connectivity index (χ2v) is 8.98. The largest absolute Gasteiger partial charge is 0.457 e. The molecule has 150 valence electrons. The fraction of sp³-hybridized carbons (Fsp3) is 0.381. The average molecular weight is 511 g/mol. The first-order valence-corrected chi connectivity index (χ1v) is 10.8. The number of halogens is 2. The van der Waals surface area contributed by atoms with Crippen LogP contribution >= 0.6 is 31.9 Å². The highest BCUT2D eigenvalue weighted by molar-refractivity contribution is 9.13. The van der Waals surface area contributed by atoms with Crippen LogP contribution in [0.1, 0.15) is 25.0 Å². The summed E-state index contributed by atoms with van der Waals surface area (Å²) in [4.78, 5) is 4.59. The molecule has 0 saturated carbocycles. The van der Waals surface area contributed by atoms with Gasteiger partial charge in [0.2, 0.25) is 0 Å². The Kier molecular flexibility index (Phi) is 6.81. The molecule has 7 heteroatoms. The summed E-state index contributed by atoms with van der Waals surface area (Å²) >= 11 is 6.98. The smallest absolute Gasteiger partial charge is 0.149 e. The molecule has 0 aliphatic carbocycles. The molecule has 2 aromatic rings. The van der Waals surface area contributed by atoms with E-state index in [1.807, 2.05) is 51.1 Å². The maximum absolute atomic E-state index is 6.06. The number of hydrogen-bond donors (Lipinski definition) is 2. The van der Waals surface area contributed by atoms with Crippen molar-refractivity contribution in [3.63, 3.8) is 0 Å². The number of nitrogens with zero attached hydrogens (tertiary/aromatic N) is 1. The lowest BCUT2D eigenvalue weighted by molar-refractivity contribution is -0.105. The quantitative estimate of drug-likeness (QED) is 0.406. The highest BCUT2D eigenvalue weighted by Crippen LogP contribution is 2.34. The summed E-state index contributed by atoms with van der Waals surface area (Å²) in [6, 6.07) is 9.87. The van der Waals surface area contributed by atoms with Crippen LogP contribution in [0.5, 0.6) is 11.5 Å². The molecule has 2 unspecified atom stereocenters. The number of nitrogens with one attached hydrogen (secondary N) is 2. The van der Waals surface area contributed by atoms with Gasteiger partial charge in [-0.1, -0.05) is 0 Å². The highest BCUT2D eigenvalue weighted by atomic mass is 79.9. The fourth-order valence-corrected chi connectivity index (χ4v) is 3.66. The molecule has 1 aliphatic heterocycles. The molecule has 1 aliphatic rings. The van der Waals surface area contributed by atoms with Crippen LogP contribution in [-0.4, -0.2) is 31.3 Å². The zero-order valence-electron chi connectivity index (χ0n) is 16.5. The number of aryl methyl sites for hydroxylation is 2. The Bertz CT molecular complexity index is 888. The van der Waals surface area contributed by atoms with Gasteiger partial charge in [0.25, 0.3) is 0 Å². The summed E-state index contributed by atoms with van der Waals surface area (Å²) in [6.07, 6.45) is 1.88. The molecule has 2 aromatic carbocycles. The number of morpholine rings is 1. The van der Waals surface area contributed by atoms with Gasteiger partial charge in [0.15, 0.2) is 0 Å². The van der Waals surface area contributed by atoms with Crippen LogP contribution in [0.4, 0.5) is 5.69 Å². The van der Waals surface area contributed by atoms with Gasteiger partial charge in [-0.25, -0.2) is 4.99 Å². The minimum absolute atomic E-state index is 0.165. The summed E-state index contributed by atoms with van der Waals surface area (Å²) in [5.41, 5.74) is 2.50. The average Bonchev–Trinajstić information content (AvgIpc) is 2.62. The molecule has 0 spiro atoms. The SMILES string of the molecule is Cc1cc(Oc2ccc(Br)c(Br)c2)c(C)cc1/N=C/NC1(C)CNCC(C)O1. The summed E-state index contributed by atoms with van der Waals surface area (Å²) in [7, 11) is 0. The molecule has 2 N–H and O–H groups in total. The molecule has 28 heavy (non-hydrogen) atoms. The predicted octanol–water partition coefficient (Wildman–Crippen LogP) is 5.59. The van der Waals surface area contributed by atoms with Gasteiger partial charge in [0.1, 0.15) is 17.2 Å². The van der Waals surface area contributed by atoms with E-state index in [4.69, 9.17) is 9.47 Å². The zero-order valence-corrected chi connectivity index (χ0v) is 19.6. The molecule has 3 rings (SSSR count). The maximum Gasteiger partial charge on any atom is 0.149 e. The molecular formula is C21H25Br2N3O2. The Balaban J connectivity index is 1.71. The monoisotopic (exact) mass is 509 g/mol. The maximum atomic E-state index is 6.06. The van der Waals surface area contributed by atoms with Crippen LogP contribution in [0, 0.1) is 13.8 Å². The number of rotatable bonds is 5. The second kappa shape index (κ2) is 8.95. The summed E-state index contributed by atoms with van der Waals surface area (Å²) in [5, 5.41) is 6.63. The third-order valence-electron chi connectivity index (χ3n) is 4.54. The van der Waals surface area contributed by atoms with Gasteiger partial charge in [0, 0.05) is 22.0 Å². The Labute approximate surface area is 183 Å². The van der Waals surface area contributed by atoms with E-state index in [2.05, 4.69) is 54.4 Å². The van der Waals surface area contributed by atoms with Gasteiger partial charge in [-0.3, -0.25) is 0 Å². The standard InChI is InChI=1S/C21H25Br2N3O2/c1-13-8-20(27-16-5-6-17(22)18(23)9-16)14(2)7-19(13)25-12-26-21(4)11-24-10-15(3)28-21/h5-9,12,15,24H,10-11H2,1-4H3,(H,25,26). The number of ether oxygens (including phenoxy) is 2. The van der Waals surface area contributed by atoms with Crippen LogP contribution in [0.25, 0.3) is 0 Å². The van der Waals surface area contributed by atoms with Crippen LogP contribution in [-0.2, 0) is 4.74 Å². The van der Waals surface area contributed by atoms with Crippen LogP contribution in [0.15, 0.2) is 44.3 Å². The van der Waals surface area contributed by atoms with Gasteiger partial charge in [-0.05, 0) is 101 Å².